The predicted octanol–water partition coefficient (Wildman–Crippen LogP) is 2.81. The van der Waals surface area contributed by atoms with Gasteiger partial charge in [0.05, 0.1) is 10.7 Å². The number of rotatable bonds is 4. The molecule has 0 aromatic heterocycles. The van der Waals surface area contributed by atoms with E-state index in [-0.39, 0.29) is 0 Å². The molecule has 0 spiro atoms. The number of aliphatic hydroxyl groups is 1. The first kappa shape index (κ1) is 14.2. The minimum Gasteiger partial charge on any atom is -0.378 e. The monoisotopic (exact) mass is 282 g/mol. The van der Waals surface area contributed by atoms with Gasteiger partial charge in [-0.3, -0.25) is 4.79 Å². The zero-order valence-corrected chi connectivity index (χ0v) is 12.2. The molecule has 4 nitrogen and oxygen atoms in total. The summed E-state index contributed by atoms with van der Waals surface area (Å²) in [5.74, 6) is 0.227. The topological polar surface area (TPSA) is 52.6 Å². The van der Waals surface area contributed by atoms with Gasteiger partial charge in [0.15, 0.2) is 6.10 Å². The number of anilines is 2. The average Bonchev–Trinajstić information content (AvgIpc) is 2.61. The Morgan fingerprint density at radius 1 is 1.47 bits per heavy atom. The molecular weight excluding hydrogens is 264 g/mol. The molecule has 1 aromatic carbocycles. The van der Waals surface area contributed by atoms with Crippen LogP contribution in [0.4, 0.5) is 11.4 Å². The Morgan fingerprint density at radius 3 is 2.79 bits per heavy atom. The van der Waals surface area contributed by atoms with Crippen LogP contribution in [0.1, 0.15) is 31.9 Å². The van der Waals surface area contributed by atoms with Crippen molar-refractivity contribution in [3.8, 4) is 0 Å². The Morgan fingerprint density at radius 2 is 2.16 bits per heavy atom. The first-order valence-electron chi connectivity index (χ1n) is 6.43. The van der Waals surface area contributed by atoms with Gasteiger partial charge in [0.25, 0.3) is 5.91 Å². The Bertz CT molecular complexity index is 502. The maximum atomic E-state index is 11.4. The number of amides is 1. The van der Waals surface area contributed by atoms with Crippen molar-refractivity contribution in [2.75, 3.05) is 23.8 Å². The standard InChI is InChI=1S/C14H19ClN2O2/c1-8(2)4-5-17(3)12-7-11-9(6-10(12)15)13(18)14(19)16-11/h6-8,13,18H,4-5H2,1-3H3,(H,16,19). The number of hydrogen-bond donors (Lipinski definition) is 2. The van der Waals surface area contributed by atoms with Crippen LogP contribution in [0.15, 0.2) is 12.1 Å². The Kier molecular flexibility index (Phi) is 4.02. The van der Waals surface area contributed by atoms with Crippen LogP contribution >= 0.6 is 11.6 Å². The molecular formula is C14H19ClN2O2. The fraction of sp³-hybridized carbons (Fsp3) is 0.500. The van der Waals surface area contributed by atoms with Gasteiger partial charge in [-0.1, -0.05) is 25.4 Å². The SMILES string of the molecule is CC(C)CCN(C)c1cc2c(cc1Cl)C(O)C(=O)N2. The van der Waals surface area contributed by atoms with Crippen molar-refractivity contribution in [2.45, 2.75) is 26.4 Å². The van der Waals surface area contributed by atoms with Gasteiger partial charge < -0.3 is 15.3 Å². The summed E-state index contributed by atoms with van der Waals surface area (Å²) in [5.41, 5.74) is 2.07. The fourth-order valence-corrected chi connectivity index (χ4v) is 2.44. The Hall–Kier alpha value is -1.26. The van der Waals surface area contributed by atoms with E-state index in [4.69, 9.17) is 11.6 Å². The third-order valence-corrected chi connectivity index (χ3v) is 3.68. The molecule has 0 fully saturated rings. The molecule has 5 heteroatoms. The lowest BCUT2D eigenvalue weighted by molar-refractivity contribution is -0.123. The van der Waals surface area contributed by atoms with Crippen molar-refractivity contribution in [1.29, 1.82) is 0 Å². The third-order valence-electron chi connectivity index (χ3n) is 3.37. The van der Waals surface area contributed by atoms with E-state index in [2.05, 4.69) is 24.1 Å². The highest BCUT2D eigenvalue weighted by atomic mass is 35.5. The van der Waals surface area contributed by atoms with Crippen LogP contribution in [0.5, 0.6) is 0 Å². The lowest BCUT2D eigenvalue weighted by atomic mass is 10.1. The first-order chi connectivity index (χ1) is 8.90. The molecule has 2 rings (SSSR count). The van der Waals surface area contributed by atoms with Crippen molar-refractivity contribution in [2.24, 2.45) is 5.92 Å². The molecule has 1 atom stereocenters. The van der Waals surface area contributed by atoms with E-state index in [0.29, 0.717) is 22.2 Å². The summed E-state index contributed by atoms with van der Waals surface area (Å²) in [5, 5.41) is 12.9. The molecule has 1 unspecified atom stereocenters. The summed E-state index contributed by atoms with van der Waals surface area (Å²) in [4.78, 5) is 13.5. The Labute approximate surface area is 118 Å². The molecule has 1 aliphatic rings. The lowest BCUT2D eigenvalue weighted by Gasteiger charge is -2.22. The number of fused-ring (bicyclic) bond motifs is 1. The van der Waals surface area contributed by atoms with Crippen molar-refractivity contribution < 1.29 is 9.90 Å². The van der Waals surface area contributed by atoms with E-state index in [9.17, 15) is 9.90 Å². The molecule has 0 saturated heterocycles. The van der Waals surface area contributed by atoms with Crippen LogP contribution in [0, 0.1) is 5.92 Å². The molecule has 1 aliphatic heterocycles. The van der Waals surface area contributed by atoms with Gasteiger partial charge in [-0.15, -0.1) is 0 Å². The summed E-state index contributed by atoms with van der Waals surface area (Å²) in [6.07, 6.45) is -0.0404. The lowest BCUT2D eigenvalue weighted by Crippen LogP contribution is -2.20. The Balaban J connectivity index is 2.24. The van der Waals surface area contributed by atoms with Gasteiger partial charge >= 0.3 is 0 Å². The molecule has 2 N–H and O–H groups in total. The van der Waals surface area contributed by atoms with E-state index in [1.165, 1.54) is 0 Å². The molecule has 104 valence electrons. The van der Waals surface area contributed by atoms with Crippen molar-refractivity contribution >= 4 is 28.9 Å². The zero-order valence-electron chi connectivity index (χ0n) is 11.4. The highest BCUT2D eigenvalue weighted by molar-refractivity contribution is 6.33. The molecule has 1 amide bonds. The number of benzene rings is 1. The van der Waals surface area contributed by atoms with Crippen molar-refractivity contribution in [3.63, 3.8) is 0 Å². The molecule has 0 saturated carbocycles. The highest BCUT2D eigenvalue weighted by Gasteiger charge is 2.29. The largest absolute Gasteiger partial charge is 0.378 e. The van der Waals surface area contributed by atoms with E-state index in [1.807, 2.05) is 13.1 Å². The fourth-order valence-electron chi connectivity index (χ4n) is 2.12. The molecule has 0 bridgehead atoms. The molecule has 1 aromatic rings. The maximum Gasteiger partial charge on any atom is 0.257 e. The zero-order chi connectivity index (χ0) is 14.2. The number of nitrogens with zero attached hydrogens (tertiary/aromatic N) is 1. The number of nitrogens with one attached hydrogen (secondary N) is 1. The van der Waals surface area contributed by atoms with Crippen LogP contribution in [-0.4, -0.2) is 24.6 Å². The predicted molar refractivity (Wildman–Crippen MR) is 77.8 cm³/mol. The van der Waals surface area contributed by atoms with Gasteiger partial charge in [0, 0.05) is 24.8 Å². The number of aliphatic hydroxyl groups excluding tert-OH is 1. The van der Waals surface area contributed by atoms with Crippen LogP contribution in [0.25, 0.3) is 0 Å². The number of hydrogen-bond acceptors (Lipinski definition) is 3. The van der Waals surface area contributed by atoms with E-state index < -0.39 is 12.0 Å². The number of carbonyl (C=O) groups excluding carboxylic acids is 1. The third kappa shape index (κ3) is 2.85. The van der Waals surface area contributed by atoms with Crippen LogP contribution in [-0.2, 0) is 4.79 Å². The van der Waals surface area contributed by atoms with E-state index in [0.717, 1.165) is 18.7 Å². The van der Waals surface area contributed by atoms with Gasteiger partial charge in [0.1, 0.15) is 0 Å². The summed E-state index contributed by atoms with van der Waals surface area (Å²) in [6.45, 7) is 5.25. The molecule has 1 heterocycles. The van der Waals surface area contributed by atoms with Crippen molar-refractivity contribution in [1.82, 2.24) is 0 Å². The summed E-state index contributed by atoms with van der Waals surface area (Å²) in [7, 11) is 1.98. The highest BCUT2D eigenvalue weighted by Crippen LogP contribution is 2.38. The quantitative estimate of drug-likeness (QED) is 0.893. The molecule has 0 aliphatic carbocycles. The van der Waals surface area contributed by atoms with E-state index >= 15 is 0 Å². The minimum atomic E-state index is -1.11. The van der Waals surface area contributed by atoms with Crippen LogP contribution < -0.4 is 10.2 Å². The normalized spacial score (nSPS) is 17.6. The second-order valence-corrected chi connectivity index (χ2v) is 5.79. The summed E-state index contributed by atoms with van der Waals surface area (Å²) in [6, 6.07) is 3.49. The van der Waals surface area contributed by atoms with E-state index in [1.54, 1.807) is 6.07 Å². The maximum absolute atomic E-state index is 11.4. The second-order valence-electron chi connectivity index (χ2n) is 5.39. The van der Waals surface area contributed by atoms with Gasteiger partial charge in [0.2, 0.25) is 0 Å². The second kappa shape index (κ2) is 5.39. The molecule has 0 radical (unpaired) electrons. The molecule has 19 heavy (non-hydrogen) atoms. The number of carbonyl (C=O) groups is 1. The smallest absolute Gasteiger partial charge is 0.257 e. The first-order valence-corrected chi connectivity index (χ1v) is 6.81. The van der Waals surface area contributed by atoms with Gasteiger partial charge in [-0.25, -0.2) is 0 Å². The summed E-state index contributed by atoms with van der Waals surface area (Å²) >= 11 is 6.24. The van der Waals surface area contributed by atoms with Gasteiger partial charge in [-0.05, 0) is 24.5 Å². The van der Waals surface area contributed by atoms with Crippen molar-refractivity contribution in [3.05, 3.63) is 22.7 Å². The van der Waals surface area contributed by atoms with Crippen LogP contribution in [0.2, 0.25) is 5.02 Å². The van der Waals surface area contributed by atoms with Gasteiger partial charge in [-0.2, -0.15) is 0 Å². The minimum absolute atomic E-state index is 0.395. The summed E-state index contributed by atoms with van der Waals surface area (Å²) < 4.78 is 0. The average molecular weight is 283 g/mol. The number of halogens is 1. The van der Waals surface area contributed by atoms with Crippen LogP contribution in [0.3, 0.4) is 0 Å².